The van der Waals surface area contributed by atoms with E-state index in [2.05, 4.69) is 10.6 Å². The number of amides is 2. The Labute approximate surface area is 83.4 Å². The van der Waals surface area contributed by atoms with Gasteiger partial charge in [-0.3, -0.25) is 9.59 Å². The standard InChI is InChI=1S/C9H17N3O2/c1-6(10)4-8(13)11-5-9(14)12-7-2-3-7/h6-7H,2-5,10H2,1H3,(H,11,13)(H,12,14). The molecule has 0 aromatic carbocycles. The minimum Gasteiger partial charge on any atom is -0.352 e. The van der Waals surface area contributed by atoms with E-state index in [9.17, 15) is 9.59 Å². The van der Waals surface area contributed by atoms with Gasteiger partial charge >= 0.3 is 0 Å². The molecular weight excluding hydrogens is 182 g/mol. The van der Waals surface area contributed by atoms with Crippen LogP contribution in [0.15, 0.2) is 0 Å². The number of rotatable bonds is 5. The van der Waals surface area contributed by atoms with Crippen molar-refractivity contribution in [2.24, 2.45) is 5.73 Å². The first-order valence-corrected chi connectivity index (χ1v) is 4.89. The lowest BCUT2D eigenvalue weighted by molar-refractivity contribution is -0.126. The van der Waals surface area contributed by atoms with Gasteiger partial charge in [0.15, 0.2) is 0 Å². The highest BCUT2D eigenvalue weighted by molar-refractivity contribution is 5.85. The predicted molar refractivity (Wildman–Crippen MR) is 52.4 cm³/mol. The molecule has 4 N–H and O–H groups in total. The lowest BCUT2D eigenvalue weighted by Gasteiger charge is -2.07. The average molecular weight is 199 g/mol. The summed E-state index contributed by atoms with van der Waals surface area (Å²) in [5, 5.41) is 5.29. The third-order valence-electron chi connectivity index (χ3n) is 1.90. The molecule has 5 heteroatoms. The van der Waals surface area contributed by atoms with Crippen LogP contribution in [0.2, 0.25) is 0 Å². The molecule has 1 aliphatic carbocycles. The van der Waals surface area contributed by atoms with Crippen LogP contribution in [0.25, 0.3) is 0 Å². The maximum Gasteiger partial charge on any atom is 0.239 e. The summed E-state index contributed by atoms with van der Waals surface area (Å²) in [6.45, 7) is 1.81. The monoisotopic (exact) mass is 199 g/mol. The van der Waals surface area contributed by atoms with Gasteiger partial charge in [-0.2, -0.15) is 0 Å². The first-order valence-electron chi connectivity index (χ1n) is 4.89. The number of hydrogen-bond acceptors (Lipinski definition) is 3. The topological polar surface area (TPSA) is 84.2 Å². The summed E-state index contributed by atoms with van der Waals surface area (Å²) in [4.78, 5) is 22.2. The molecule has 1 rings (SSSR count). The van der Waals surface area contributed by atoms with E-state index >= 15 is 0 Å². The Bertz CT molecular complexity index is 208. The van der Waals surface area contributed by atoms with Crippen LogP contribution in [0.4, 0.5) is 0 Å². The second-order valence-corrected chi connectivity index (χ2v) is 3.80. The molecule has 0 heterocycles. The van der Waals surface area contributed by atoms with Crippen molar-refractivity contribution in [3.8, 4) is 0 Å². The minimum absolute atomic E-state index is 0.0576. The van der Waals surface area contributed by atoms with Gasteiger partial charge in [-0.05, 0) is 19.8 Å². The Morgan fingerprint density at radius 2 is 2.07 bits per heavy atom. The van der Waals surface area contributed by atoms with Gasteiger partial charge < -0.3 is 16.4 Å². The maximum atomic E-state index is 11.1. The van der Waals surface area contributed by atoms with Crippen molar-refractivity contribution < 1.29 is 9.59 Å². The summed E-state index contributed by atoms with van der Waals surface area (Å²) in [5.41, 5.74) is 5.43. The van der Waals surface area contributed by atoms with Gasteiger partial charge in [-0.15, -0.1) is 0 Å². The van der Waals surface area contributed by atoms with Gasteiger partial charge in [-0.1, -0.05) is 0 Å². The van der Waals surface area contributed by atoms with Crippen LogP contribution in [-0.2, 0) is 9.59 Å². The third kappa shape index (κ3) is 4.81. The molecule has 2 amide bonds. The quantitative estimate of drug-likeness (QED) is 0.537. The van der Waals surface area contributed by atoms with Crippen LogP contribution in [0, 0.1) is 0 Å². The highest BCUT2D eigenvalue weighted by atomic mass is 16.2. The van der Waals surface area contributed by atoms with E-state index < -0.39 is 0 Å². The van der Waals surface area contributed by atoms with Gasteiger partial charge in [-0.25, -0.2) is 0 Å². The summed E-state index contributed by atoms with van der Waals surface area (Å²) >= 11 is 0. The van der Waals surface area contributed by atoms with Crippen molar-refractivity contribution in [1.29, 1.82) is 0 Å². The first kappa shape index (κ1) is 11.0. The van der Waals surface area contributed by atoms with Crippen LogP contribution in [-0.4, -0.2) is 30.4 Å². The molecule has 80 valence electrons. The molecule has 0 spiro atoms. The zero-order chi connectivity index (χ0) is 10.6. The summed E-state index contributed by atoms with van der Waals surface area (Å²) in [6, 6.07) is 0.175. The predicted octanol–water partition coefficient (Wildman–Crippen LogP) is -0.881. The van der Waals surface area contributed by atoms with E-state index in [4.69, 9.17) is 5.73 Å². The maximum absolute atomic E-state index is 11.1. The molecule has 5 nitrogen and oxygen atoms in total. The summed E-state index contributed by atoms with van der Waals surface area (Å²) < 4.78 is 0. The lowest BCUT2D eigenvalue weighted by Crippen LogP contribution is -2.39. The Balaban J connectivity index is 2.06. The lowest BCUT2D eigenvalue weighted by atomic mass is 10.2. The Morgan fingerprint density at radius 1 is 1.43 bits per heavy atom. The molecular formula is C9H17N3O2. The van der Waals surface area contributed by atoms with Crippen LogP contribution < -0.4 is 16.4 Å². The summed E-state index contributed by atoms with van der Waals surface area (Å²) in [7, 11) is 0. The Hall–Kier alpha value is -1.10. The van der Waals surface area contributed by atoms with Gasteiger partial charge in [0.1, 0.15) is 0 Å². The van der Waals surface area contributed by atoms with E-state index in [1.54, 1.807) is 6.92 Å². The number of nitrogens with one attached hydrogen (secondary N) is 2. The minimum atomic E-state index is -0.175. The molecule has 1 aliphatic rings. The highest BCUT2D eigenvalue weighted by Crippen LogP contribution is 2.18. The number of hydrogen-bond donors (Lipinski definition) is 3. The molecule has 1 fully saturated rings. The Morgan fingerprint density at radius 3 is 2.57 bits per heavy atom. The molecule has 0 aromatic rings. The smallest absolute Gasteiger partial charge is 0.239 e. The molecule has 0 saturated heterocycles. The second-order valence-electron chi connectivity index (χ2n) is 3.80. The van der Waals surface area contributed by atoms with Crippen LogP contribution in [0.1, 0.15) is 26.2 Å². The van der Waals surface area contributed by atoms with Crippen molar-refractivity contribution in [3.63, 3.8) is 0 Å². The van der Waals surface area contributed by atoms with E-state index in [1.165, 1.54) is 0 Å². The van der Waals surface area contributed by atoms with Crippen LogP contribution in [0.3, 0.4) is 0 Å². The summed E-state index contributed by atoms with van der Waals surface area (Å²) in [5.74, 6) is -0.295. The fraction of sp³-hybridized carbons (Fsp3) is 0.778. The highest BCUT2D eigenvalue weighted by Gasteiger charge is 2.23. The second kappa shape index (κ2) is 4.95. The fourth-order valence-electron chi connectivity index (χ4n) is 1.05. The largest absolute Gasteiger partial charge is 0.352 e. The molecule has 1 unspecified atom stereocenters. The SMILES string of the molecule is CC(N)CC(=O)NCC(=O)NC1CC1. The summed E-state index contributed by atoms with van der Waals surface area (Å²) in [6.07, 6.45) is 2.37. The van der Waals surface area contributed by atoms with Crippen molar-refractivity contribution in [2.45, 2.75) is 38.3 Å². The average Bonchev–Trinajstić information content (AvgIpc) is 2.83. The van der Waals surface area contributed by atoms with Gasteiger partial charge in [0, 0.05) is 18.5 Å². The van der Waals surface area contributed by atoms with Crippen LogP contribution >= 0.6 is 0 Å². The van der Waals surface area contributed by atoms with E-state index in [-0.39, 0.29) is 30.8 Å². The fourth-order valence-corrected chi connectivity index (χ4v) is 1.05. The number of carbonyl (C=O) groups is 2. The molecule has 0 aliphatic heterocycles. The first-order chi connectivity index (χ1) is 6.58. The van der Waals surface area contributed by atoms with Crippen molar-refractivity contribution >= 4 is 11.8 Å². The van der Waals surface area contributed by atoms with E-state index in [0.29, 0.717) is 6.04 Å². The molecule has 0 radical (unpaired) electrons. The zero-order valence-corrected chi connectivity index (χ0v) is 8.38. The van der Waals surface area contributed by atoms with Crippen LogP contribution in [0.5, 0.6) is 0 Å². The van der Waals surface area contributed by atoms with E-state index in [0.717, 1.165) is 12.8 Å². The van der Waals surface area contributed by atoms with Gasteiger partial charge in [0.25, 0.3) is 0 Å². The number of carbonyl (C=O) groups excluding carboxylic acids is 2. The number of nitrogens with two attached hydrogens (primary N) is 1. The molecule has 0 bridgehead atoms. The molecule has 1 saturated carbocycles. The third-order valence-corrected chi connectivity index (χ3v) is 1.90. The van der Waals surface area contributed by atoms with E-state index in [1.807, 2.05) is 0 Å². The van der Waals surface area contributed by atoms with Gasteiger partial charge in [0.05, 0.1) is 6.54 Å². The molecule has 14 heavy (non-hydrogen) atoms. The molecule has 1 atom stereocenters. The Kier molecular flexibility index (Phi) is 3.88. The molecule has 0 aromatic heterocycles. The van der Waals surface area contributed by atoms with Crippen molar-refractivity contribution in [2.75, 3.05) is 6.54 Å². The normalized spacial score (nSPS) is 17.3. The van der Waals surface area contributed by atoms with Crippen molar-refractivity contribution in [3.05, 3.63) is 0 Å². The van der Waals surface area contributed by atoms with Gasteiger partial charge in [0.2, 0.25) is 11.8 Å². The van der Waals surface area contributed by atoms with Crippen molar-refractivity contribution in [1.82, 2.24) is 10.6 Å². The zero-order valence-electron chi connectivity index (χ0n) is 8.38.